The van der Waals surface area contributed by atoms with E-state index in [-0.39, 0.29) is 11.5 Å². The van der Waals surface area contributed by atoms with Crippen molar-refractivity contribution in [1.29, 1.82) is 0 Å². The SMILES string of the molecule is Cc1cc(CCc2coc(/C=C/c3cccc(C(F)(F)F)c3F)n2)ccc1OCCCCl. The predicted molar refractivity (Wildman–Crippen MR) is 116 cm³/mol. The first-order valence-electron chi connectivity index (χ1n) is 10.0. The Bertz CT molecular complexity index is 1080. The molecule has 170 valence electrons. The quantitative estimate of drug-likeness (QED) is 0.191. The molecule has 3 aromatic rings. The first kappa shape index (κ1) is 23.9. The Balaban J connectivity index is 1.61. The first-order chi connectivity index (χ1) is 15.3. The monoisotopic (exact) mass is 467 g/mol. The van der Waals surface area contributed by atoms with Gasteiger partial charge in [0.05, 0.1) is 17.9 Å². The highest BCUT2D eigenvalue weighted by molar-refractivity contribution is 6.17. The molecule has 3 rings (SSSR count). The van der Waals surface area contributed by atoms with Gasteiger partial charge in [-0.25, -0.2) is 9.37 Å². The Hall–Kier alpha value is -2.80. The number of hydrogen-bond acceptors (Lipinski definition) is 3. The molecule has 8 heteroatoms. The van der Waals surface area contributed by atoms with E-state index >= 15 is 0 Å². The van der Waals surface area contributed by atoms with E-state index in [0.29, 0.717) is 30.7 Å². The highest BCUT2D eigenvalue weighted by atomic mass is 35.5. The average molecular weight is 468 g/mol. The second kappa shape index (κ2) is 10.7. The number of benzene rings is 2. The molecule has 0 radical (unpaired) electrons. The molecule has 1 aromatic heterocycles. The first-order valence-corrected chi connectivity index (χ1v) is 10.6. The van der Waals surface area contributed by atoms with E-state index in [0.717, 1.165) is 35.8 Å². The van der Waals surface area contributed by atoms with Crippen LogP contribution in [0.25, 0.3) is 12.2 Å². The van der Waals surface area contributed by atoms with Gasteiger partial charge in [-0.1, -0.05) is 24.3 Å². The van der Waals surface area contributed by atoms with Crippen LogP contribution in [0, 0.1) is 12.7 Å². The Morgan fingerprint density at radius 3 is 2.66 bits per heavy atom. The molecule has 0 amide bonds. The molecular weight excluding hydrogens is 446 g/mol. The topological polar surface area (TPSA) is 35.3 Å². The summed E-state index contributed by atoms with van der Waals surface area (Å²) in [6.45, 7) is 2.55. The van der Waals surface area contributed by atoms with Crippen LogP contribution in [0.2, 0.25) is 0 Å². The molecule has 0 bridgehead atoms. The lowest BCUT2D eigenvalue weighted by Gasteiger charge is -2.10. The smallest absolute Gasteiger partial charge is 0.419 e. The van der Waals surface area contributed by atoms with Crippen molar-refractivity contribution in [2.24, 2.45) is 0 Å². The van der Waals surface area contributed by atoms with Crippen molar-refractivity contribution >= 4 is 23.8 Å². The molecule has 0 atom stereocenters. The molecule has 0 aliphatic heterocycles. The predicted octanol–water partition coefficient (Wildman–Crippen LogP) is 7.10. The summed E-state index contributed by atoms with van der Waals surface area (Å²) in [6, 6.07) is 9.09. The highest BCUT2D eigenvalue weighted by Crippen LogP contribution is 2.32. The van der Waals surface area contributed by atoms with Crippen LogP contribution in [0.1, 0.15) is 40.3 Å². The second-order valence-electron chi connectivity index (χ2n) is 7.21. The van der Waals surface area contributed by atoms with Crippen LogP contribution in [-0.2, 0) is 19.0 Å². The summed E-state index contributed by atoms with van der Waals surface area (Å²) < 4.78 is 63.6. The number of halogens is 5. The van der Waals surface area contributed by atoms with Crippen LogP contribution >= 0.6 is 11.6 Å². The number of rotatable bonds is 9. The van der Waals surface area contributed by atoms with Crippen LogP contribution < -0.4 is 4.74 Å². The van der Waals surface area contributed by atoms with E-state index < -0.39 is 17.6 Å². The molecule has 1 heterocycles. The molecule has 0 N–H and O–H groups in total. The van der Waals surface area contributed by atoms with Gasteiger partial charge < -0.3 is 9.15 Å². The maximum atomic E-state index is 14.1. The van der Waals surface area contributed by atoms with Gasteiger partial charge in [-0.05, 0) is 55.5 Å². The fourth-order valence-electron chi connectivity index (χ4n) is 3.11. The zero-order chi connectivity index (χ0) is 23.1. The van der Waals surface area contributed by atoms with Crippen molar-refractivity contribution < 1.29 is 26.7 Å². The average Bonchev–Trinajstić information content (AvgIpc) is 3.20. The van der Waals surface area contributed by atoms with Crippen LogP contribution in [0.15, 0.2) is 47.1 Å². The van der Waals surface area contributed by atoms with Crippen LogP contribution in [-0.4, -0.2) is 17.5 Å². The van der Waals surface area contributed by atoms with Crippen LogP contribution in [0.3, 0.4) is 0 Å². The maximum absolute atomic E-state index is 14.1. The van der Waals surface area contributed by atoms with Crippen molar-refractivity contribution in [3.05, 3.63) is 82.3 Å². The minimum absolute atomic E-state index is 0.191. The summed E-state index contributed by atoms with van der Waals surface area (Å²) in [5.41, 5.74) is 1.33. The van der Waals surface area contributed by atoms with Gasteiger partial charge in [0.15, 0.2) is 0 Å². The normalized spacial score (nSPS) is 11.9. The van der Waals surface area contributed by atoms with E-state index in [1.807, 2.05) is 25.1 Å². The zero-order valence-electron chi connectivity index (χ0n) is 17.4. The van der Waals surface area contributed by atoms with Gasteiger partial charge in [0.25, 0.3) is 0 Å². The lowest BCUT2D eigenvalue weighted by molar-refractivity contribution is -0.140. The number of hydrogen-bond donors (Lipinski definition) is 0. The summed E-state index contributed by atoms with van der Waals surface area (Å²) in [5, 5.41) is 0. The standard InChI is InChI=1S/C24H22ClF4NO2/c1-16-14-17(7-10-21(16)31-13-3-12-25)6-9-19-15-32-22(30-19)11-8-18-4-2-5-20(23(18)26)24(27,28)29/h2,4-5,7-8,10-11,14-15H,3,6,9,12-13H2,1H3/b11-8+. The van der Waals surface area contributed by atoms with Gasteiger partial charge in [-0.2, -0.15) is 13.2 Å². The molecular formula is C24H22ClF4NO2. The van der Waals surface area contributed by atoms with Gasteiger partial charge in [-0.3, -0.25) is 0 Å². The van der Waals surface area contributed by atoms with Crippen molar-refractivity contribution in [3.8, 4) is 5.75 Å². The van der Waals surface area contributed by atoms with Crippen molar-refractivity contribution in [2.45, 2.75) is 32.4 Å². The number of nitrogens with zero attached hydrogens (tertiary/aromatic N) is 1. The van der Waals surface area contributed by atoms with E-state index in [9.17, 15) is 17.6 Å². The molecule has 0 spiro atoms. The third-order valence-corrected chi connectivity index (χ3v) is 5.02. The lowest BCUT2D eigenvalue weighted by Crippen LogP contribution is -2.08. The summed E-state index contributed by atoms with van der Waals surface area (Å²) in [6.07, 6.45) is 1.41. The zero-order valence-corrected chi connectivity index (χ0v) is 18.1. The Morgan fingerprint density at radius 2 is 1.94 bits per heavy atom. The Kier molecular flexibility index (Phi) is 7.96. The largest absolute Gasteiger partial charge is 0.493 e. The van der Waals surface area contributed by atoms with E-state index in [4.69, 9.17) is 20.8 Å². The Morgan fingerprint density at radius 1 is 1.12 bits per heavy atom. The Labute approximate surface area is 188 Å². The fourth-order valence-corrected chi connectivity index (χ4v) is 3.22. The molecule has 0 saturated heterocycles. The van der Waals surface area contributed by atoms with E-state index in [2.05, 4.69) is 4.98 Å². The molecule has 0 unspecified atom stereocenters. The summed E-state index contributed by atoms with van der Waals surface area (Å²) in [5.74, 6) is 0.250. The third-order valence-electron chi connectivity index (χ3n) is 4.75. The molecule has 32 heavy (non-hydrogen) atoms. The van der Waals surface area contributed by atoms with Crippen molar-refractivity contribution in [1.82, 2.24) is 4.98 Å². The van der Waals surface area contributed by atoms with Crippen molar-refractivity contribution in [2.75, 3.05) is 12.5 Å². The van der Waals surface area contributed by atoms with E-state index in [1.54, 1.807) is 0 Å². The highest BCUT2D eigenvalue weighted by Gasteiger charge is 2.34. The third kappa shape index (κ3) is 6.36. The second-order valence-corrected chi connectivity index (χ2v) is 7.59. The summed E-state index contributed by atoms with van der Waals surface area (Å²) in [7, 11) is 0. The molecule has 3 nitrogen and oxygen atoms in total. The van der Waals surface area contributed by atoms with Gasteiger partial charge in [0.1, 0.15) is 17.8 Å². The minimum Gasteiger partial charge on any atom is -0.493 e. The number of aryl methyl sites for hydroxylation is 3. The van der Waals surface area contributed by atoms with Gasteiger partial charge in [-0.15, -0.1) is 11.6 Å². The van der Waals surface area contributed by atoms with Gasteiger partial charge in [0, 0.05) is 17.5 Å². The maximum Gasteiger partial charge on any atom is 0.419 e. The lowest BCUT2D eigenvalue weighted by atomic mass is 10.1. The van der Waals surface area contributed by atoms with Crippen molar-refractivity contribution in [3.63, 3.8) is 0 Å². The summed E-state index contributed by atoms with van der Waals surface area (Å²) in [4.78, 5) is 4.30. The van der Waals surface area contributed by atoms with E-state index in [1.165, 1.54) is 24.5 Å². The van der Waals surface area contributed by atoms with Gasteiger partial charge in [0.2, 0.25) is 5.89 Å². The molecule has 2 aromatic carbocycles. The molecule has 0 fully saturated rings. The number of oxazole rings is 1. The molecule has 0 aliphatic carbocycles. The van der Waals surface area contributed by atoms with Crippen LogP contribution in [0.5, 0.6) is 5.75 Å². The summed E-state index contributed by atoms with van der Waals surface area (Å²) >= 11 is 5.66. The number of ether oxygens (including phenoxy) is 1. The minimum atomic E-state index is -4.75. The van der Waals surface area contributed by atoms with Gasteiger partial charge >= 0.3 is 6.18 Å². The van der Waals surface area contributed by atoms with Crippen LogP contribution in [0.4, 0.5) is 17.6 Å². The number of alkyl halides is 4. The molecule has 0 aliphatic rings. The fraction of sp³-hybridized carbons (Fsp3) is 0.292. The molecule has 0 saturated carbocycles. The number of aromatic nitrogens is 1.